The molecule has 0 spiro atoms. The number of halogens is 2. The van der Waals surface area contributed by atoms with E-state index in [1.165, 1.54) is 22.5 Å². The third-order valence-electron chi connectivity index (χ3n) is 6.56. The van der Waals surface area contributed by atoms with Gasteiger partial charge < -0.3 is 25.4 Å². The zero-order valence-electron chi connectivity index (χ0n) is 19.6. The van der Waals surface area contributed by atoms with E-state index in [0.717, 1.165) is 24.7 Å². The highest BCUT2D eigenvalue weighted by atomic mass is 32.2. The second-order valence-electron chi connectivity index (χ2n) is 9.09. The molecular formula is C23H28F2N6O4S. The van der Waals surface area contributed by atoms with E-state index in [1.54, 1.807) is 6.07 Å². The fourth-order valence-electron chi connectivity index (χ4n) is 4.61. The van der Waals surface area contributed by atoms with E-state index in [2.05, 4.69) is 32.5 Å². The van der Waals surface area contributed by atoms with Crippen molar-refractivity contribution >= 4 is 28.7 Å². The normalized spacial score (nSPS) is 27.6. The predicted molar refractivity (Wildman–Crippen MR) is 128 cm³/mol. The molecule has 13 heteroatoms. The molecule has 2 aromatic heterocycles. The van der Waals surface area contributed by atoms with Gasteiger partial charge in [-0.25, -0.2) is 23.4 Å². The molecule has 4 unspecified atom stereocenters. The lowest BCUT2D eigenvalue weighted by molar-refractivity contribution is -0.0629. The van der Waals surface area contributed by atoms with Crippen molar-refractivity contribution in [2.75, 3.05) is 24.3 Å². The average molecular weight is 523 g/mol. The van der Waals surface area contributed by atoms with Gasteiger partial charge in [-0.3, -0.25) is 0 Å². The molecule has 3 aromatic rings. The molecule has 0 amide bonds. The lowest BCUT2D eigenvalue weighted by Crippen LogP contribution is -2.33. The molecule has 0 radical (unpaired) electrons. The summed E-state index contributed by atoms with van der Waals surface area (Å²) in [5.41, 5.74) is 1.53. The number of rotatable bonds is 10. The molecule has 4 N–H and O–H groups in total. The first-order valence-electron chi connectivity index (χ1n) is 12.0. The highest BCUT2D eigenvalue weighted by molar-refractivity contribution is 7.99. The zero-order chi connectivity index (χ0) is 25.4. The first-order chi connectivity index (χ1) is 17.4. The molecule has 2 aliphatic rings. The van der Waals surface area contributed by atoms with Crippen molar-refractivity contribution in [1.82, 2.24) is 25.0 Å². The summed E-state index contributed by atoms with van der Waals surface area (Å²) in [7, 11) is 0. The SMILES string of the molecule is CCCSc1nc(N[C@H]2C[C@H]2c2ccc(F)c(F)c2)c2nnn(C3CC(OCCO)C(O)C3O)c2n1. The Balaban J connectivity index is 1.43. The monoisotopic (exact) mass is 522 g/mol. The minimum Gasteiger partial charge on any atom is -0.394 e. The summed E-state index contributed by atoms with van der Waals surface area (Å²) in [4.78, 5) is 9.27. The fourth-order valence-corrected chi connectivity index (χ4v) is 5.31. The minimum absolute atomic E-state index is 0.00291. The first-order valence-corrected chi connectivity index (χ1v) is 13.0. The van der Waals surface area contributed by atoms with E-state index in [4.69, 9.17) is 9.84 Å². The molecular weight excluding hydrogens is 494 g/mol. The summed E-state index contributed by atoms with van der Waals surface area (Å²) in [5, 5.41) is 42.5. The maximum Gasteiger partial charge on any atom is 0.191 e. The summed E-state index contributed by atoms with van der Waals surface area (Å²) >= 11 is 1.48. The van der Waals surface area contributed by atoms with Crippen LogP contribution in [0.5, 0.6) is 0 Å². The third-order valence-corrected chi connectivity index (χ3v) is 7.61. The van der Waals surface area contributed by atoms with Crippen molar-refractivity contribution in [3.63, 3.8) is 0 Å². The van der Waals surface area contributed by atoms with E-state index < -0.39 is 36.0 Å². The largest absolute Gasteiger partial charge is 0.394 e. The smallest absolute Gasteiger partial charge is 0.191 e. The molecule has 0 bridgehead atoms. The van der Waals surface area contributed by atoms with E-state index in [1.807, 2.05) is 0 Å². The number of hydrogen-bond donors (Lipinski definition) is 4. The summed E-state index contributed by atoms with van der Waals surface area (Å²) in [6.45, 7) is 1.91. The van der Waals surface area contributed by atoms with Crippen LogP contribution in [-0.4, -0.2) is 83.6 Å². The van der Waals surface area contributed by atoms with E-state index >= 15 is 0 Å². The van der Waals surface area contributed by atoms with Crippen LogP contribution in [0.15, 0.2) is 23.4 Å². The van der Waals surface area contributed by atoms with Crippen molar-refractivity contribution < 1.29 is 28.8 Å². The van der Waals surface area contributed by atoms with Crippen molar-refractivity contribution in [3.8, 4) is 0 Å². The van der Waals surface area contributed by atoms with Crippen molar-refractivity contribution in [2.45, 2.75) is 67.7 Å². The molecule has 2 heterocycles. The Bertz CT molecular complexity index is 1230. The molecule has 0 aliphatic heterocycles. The quantitative estimate of drug-likeness (QED) is 0.231. The molecule has 2 aliphatic carbocycles. The first kappa shape index (κ1) is 25.2. The van der Waals surface area contributed by atoms with E-state index in [9.17, 15) is 19.0 Å². The maximum atomic E-state index is 13.7. The molecule has 194 valence electrons. The van der Waals surface area contributed by atoms with Crippen molar-refractivity contribution in [3.05, 3.63) is 35.4 Å². The van der Waals surface area contributed by atoms with Crippen molar-refractivity contribution in [2.24, 2.45) is 0 Å². The van der Waals surface area contributed by atoms with Crippen LogP contribution in [0.1, 0.15) is 43.7 Å². The van der Waals surface area contributed by atoms with Crippen LogP contribution in [0.25, 0.3) is 11.2 Å². The number of thioether (sulfide) groups is 1. The summed E-state index contributed by atoms with van der Waals surface area (Å²) in [5.74, 6) is -0.472. The summed E-state index contributed by atoms with van der Waals surface area (Å²) in [6, 6.07) is 3.26. The zero-order valence-corrected chi connectivity index (χ0v) is 20.4. The molecule has 36 heavy (non-hydrogen) atoms. The molecule has 0 saturated heterocycles. The Labute approximate surface area is 210 Å². The lowest BCUT2D eigenvalue weighted by Gasteiger charge is -2.17. The second kappa shape index (κ2) is 10.5. The van der Waals surface area contributed by atoms with Gasteiger partial charge in [-0.15, -0.1) is 5.10 Å². The van der Waals surface area contributed by atoms with Gasteiger partial charge in [0.2, 0.25) is 0 Å². The summed E-state index contributed by atoms with van der Waals surface area (Å²) < 4.78 is 34.0. The highest BCUT2D eigenvalue weighted by Gasteiger charge is 2.45. The predicted octanol–water partition coefficient (Wildman–Crippen LogP) is 2.01. The fraction of sp³-hybridized carbons (Fsp3) is 0.565. The maximum absolute atomic E-state index is 13.7. The highest BCUT2D eigenvalue weighted by Crippen LogP contribution is 2.44. The number of benzene rings is 1. The Kier molecular flexibility index (Phi) is 7.35. The van der Waals surface area contributed by atoms with Crippen molar-refractivity contribution in [1.29, 1.82) is 0 Å². The minimum atomic E-state index is -1.15. The molecule has 6 atom stereocenters. The van der Waals surface area contributed by atoms with Gasteiger partial charge in [-0.1, -0.05) is 30.0 Å². The Morgan fingerprint density at radius 1 is 1.17 bits per heavy atom. The van der Waals surface area contributed by atoms with Crippen LogP contribution in [0.3, 0.4) is 0 Å². The van der Waals surface area contributed by atoms with E-state index in [0.29, 0.717) is 27.7 Å². The number of aliphatic hydroxyl groups is 3. The standard InChI is InChI=1S/C23H28F2N6O4S/c1-2-7-36-23-27-21(26-15-9-12(15)11-3-4-13(24)14(25)8-11)18-22(28-23)31(30-29-18)16-10-17(35-6-5-32)20(34)19(16)33/h3-4,8,12,15-17,19-20,32-34H,2,5-7,9-10H2,1H3,(H,26,27,28)/t12-,15-,16?,17?,19?,20?/m0/s1. The Hall–Kier alpha value is -2.45. The number of fused-ring (bicyclic) bond motifs is 1. The van der Waals surface area contributed by atoms with Crippen LogP contribution in [0.2, 0.25) is 0 Å². The lowest BCUT2D eigenvalue weighted by atomic mass is 10.1. The second-order valence-corrected chi connectivity index (χ2v) is 10.2. The number of hydrogen-bond acceptors (Lipinski definition) is 10. The topological polar surface area (TPSA) is 138 Å². The van der Waals surface area contributed by atoms with Crippen LogP contribution in [-0.2, 0) is 4.74 Å². The number of aromatic nitrogens is 5. The van der Waals surface area contributed by atoms with Gasteiger partial charge in [0.15, 0.2) is 33.8 Å². The van der Waals surface area contributed by atoms with Gasteiger partial charge >= 0.3 is 0 Å². The summed E-state index contributed by atoms with van der Waals surface area (Å²) in [6.07, 6.45) is -1.04. The number of anilines is 1. The van der Waals surface area contributed by atoms with E-state index in [-0.39, 0.29) is 31.6 Å². The van der Waals surface area contributed by atoms with Gasteiger partial charge in [0.25, 0.3) is 0 Å². The van der Waals surface area contributed by atoms with Gasteiger partial charge in [0.05, 0.1) is 25.4 Å². The number of aliphatic hydroxyl groups excluding tert-OH is 3. The molecule has 10 nitrogen and oxygen atoms in total. The Morgan fingerprint density at radius 3 is 2.75 bits per heavy atom. The van der Waals surface area contributed by atoms with Crippen LogP contribution < -0.4 is 5.32 Å². The number of nitrogens with zero attached hydrogens (tertiary/aromatic N) is 5. The molecule has 2 saturated carbocycles. The van der Waals surface area contributed by atoms with Gasteiger partial charge in [-0.2, -0.15) is 0 Å². The molecule has 5 rings (SSSR count). The van der Waals surface area contributed by atoms with Gasteiger partial charge in [0.1, 0.15) is 12.2 Å². The molecule has 1 aromatic carbocycles. The average Bonchev–Trinajstić information content (AvgIpc) is 3.41. The van der Waals surface area contributed by atoms with Crippen LogP contribution in [0.4, 0.5) is 14.6 Å². The van der Waals surface area contributed by atoms with Crippen LogP contribution in [0, 0.1) is 11.6 Å². The van der Waals surface area contributed by atoms with Gasteiger partial charge in [-0.05, 0) is 30.5 Å². The van der Waals surface area contributed by atoms with Crippen LogP contribution >= 0.6 is 11.8 Å². The number of nitrogens with one attached hydrogen (secondary N) is 1. The molecule has 2 fully saturated rings. The third kappa shape index (κ3) is 4.90. The van der Waals surface area contributed by atoms with Gasteiger partial charge in [0, 0.05) is 24.1 Å². The Morgan fingerprint density at radius 2 is 2.00 bits per heavy atom. The number of ether oxygens (including phenoxy) is 1.